The Labute approximate surface area is 306 Å². The monoisotopic (exact) mass is 688 g/mol. The van der Waals surface area contributed by atoms with Crippen LogP contribution in [0.15, 0.2) is 164 Å². The zero-order chi connectivity index (χ0) is 35.5. The van der Waals surface area contributed by atoms with E-state index >= 15 is 0 Å². The predicted octanol–water partition coefficient (Wildman–Crippen LogP) is 9.02. The number of nitrogens with zero attached hydrogens (tertiary/aromatic N) is 1. The lowest BCUT2D eigenvalue weighted by Crippen LogP contribution is -2.39. The van der Waals surface area contributed by atoms with Crippen molar-refractivity contribution < 1.29 is 19.4 Å². The predicted molar refractivity (Wildman–Crippen MR) is 205 cm³/mol. The van der Waals surface area contributed by atoms with Gasteiger partial charge in [0, 0.05) is 43.7 Å². The molecule has 1 saturated heterocycles. The van der Waals surface area contributed by atoms with Crippen molar-refractivity contribution in [2.24, 2.45) is 0 Å². The van der Waals surface area contributed by atoms with Crippen LogP contribution in [0.3, 0.4) is 0 Å². The van der Waals surface area contributed by atoms with Crippen LogP contribution in [0.1, 0.15) is 62.6 Å². The molecule has 6 aromatic rings. The molecule has 262 valence electrons. The summed E-state index contributed by atoms with van der Waals surface area (Å²) in [5.41, 5.74) is 9.14. The lowest BCUT2D eigenvalue weighted by molar-refractivity contribution is -0.253. The van der Waals surface area contributed by atoms with Crippen LogP contribution in [0.25, 0.3) is 11.1 Å². The molecule has 6 nitrogen and oxygen atoms in total. The number of carbonyl (C=O) groups is 1. The lowest BCUT2D eigenvalue weighted by Gasteiger charge is -2.38. The summed E-state index contributed by atoms with van der Waals surface area (Å²) in [4.78, 5) is 15.1. The smallest absolute Gasteiger partial charge is 0.251 e. The van der Waals surface area contributed by atoms with Gasteiger partial charge >= 0.3 is 0 Å². The van der Waals surface area contributed by atoms with Gasteiger partial charge in [-0.15, -0.1) is 0 Å². The van der Waals surface area contributed by atoms with Crippen molar-refractivity contribution in [3.05, 3.63) is 203 Å². The van der Waals surface area contributed by atoms with Gasteiger partial charge in [0.1, 0.15) is 0 Å². The van der Waals surface area contributed by atoms with Gasteiger partial charge in [-0.3, -0.25) is 9.69 Å². The van der Waals surface area contributed by atoms with E-state index < -0.39 is 6.29 Å². The van der Waals surface area contributed by atoms with Crippen molar-refractivity contribution in [3.63, 3.8) is 0 Å². The maximum Gasteiger partial charge on any atom is 0.251 e. The van der Waals surface area contributed by atoms with Crippen LogP contribution in [-0.2, 0) is 35.7 Å². The van der Waals surface area contributed by atoms with Crippen LogP contribution in [0.2, 0.25) is 0 Å². The molecule has 6 heteroatoms. The van der Waals surface area contributed by atoms with Crippen molar-refractivity contribution in [3.8, 4) is 11.1 Å². The van der Waals surface area contributed by atoms with E-state index in [1.165, 1.54) is 11.1 Å². The molecule has 7 rings (SSSR count). The highest BCUT2D eigenvalue weighted by Gasteiger charge is 2.33. The molecule has 1 aliphatic rings. The first-order valence-corrected chi connectivity index (χ1v) is 17.9. The molecular weight excluding hydrogens is 645 g/mol. The van der Waals surface area contributed by atoms with Gasteiger partial charge < -0.3 is 19.9 Å². The van der Waals surface area contributed by atoms with Gasteiger partial charge in [0.05, 0.1) is 18.8 Å². The zero-order valence-electron chi connectivity index (χ0n) is 29.2. The molecule has 0 aliphatic carbocycles. The minimum Gasteiger partial charge on any atom is -0.392 e. The molecule has 2 N–H and O–H groups in total. The molecule has 52 heavy (non-hydrogen) atoms. The molecule has 1 heterocycles. The van der Waals surface area contributed by atoms with Crippen LogP contribution in [0.5, 0.6) is 0 Å². The molecule has 6 aromatic carbocycles. The number of aliphatic hydroxyl groups is 1. The van der Waals surface area contributed by atoms with E-state index in [0.717, 1.165) is 53.0 Å². The van der Waals surface area contributed by atoms with Crippen molar-refractivity contribution >= 4 is 5.91 Å². The highest BCUT2D eigenvalue weighted by atomic mass is 16.7. The maximum atomic E-state index is 12.7. The molecule has 0 bridgehead atoms. The molecule has 0 radical (unpaired) electrons. The Morgan fingerprint density at radius 3 is 1.87 bits per heavy atom. The minimum absolute atomic E-state index is 0.00147. The fraction of sp³-hybridized carbons (Fsp3) is 0.196. The molecule has 1 aliphatic heterocycles. The lowest BCUT2D eigenvalue weighted by atomic mass is 9.98. The Bertz CT molecular complexity index is 1980. The number of ether oxygens (including phenoxy) is 2. The third-order valence-corrected chi connectivity index (χ3v) is 9.48. The first-order valence-electron chi connectivity index (χ1n) is 17.9. The summed E-state index contributed by atoms with van der Waals surface area (Å²) in [5.74, 6) is -0.0965. The van der Waals surface area contributed by atoms with E-state index in [0.29, 0.717) is 18.5 Å². The topological polar surface area (TPSA) is 71.0 Å². The normalized spacial score (nSPS) is 17.2. The first kappa shape index (κ1) is 35.1. The van der Waals surface area contributed by atoms with Crippen molar-refractivity contribution in [1.82, 2.24) is 10.2 Å². The Morgan fingerprint density at radius 1 is 0.615 bits per heavy atom. The van der Waals surface area contributed by atoms with E-state index in [2.05, 4.69) is 113 Å². The molecule has 3 atom stereocenters. The van der Waals surface area contributed by atoms with E-state index in [9.17, 15) is 9.90 Å². The second-order valence-corrected chi connectivity index (χ2v) is 13.4. The van der Waals surface area contributed by atoms with Gasteiger partial charge in [-0.1, -0.05) is 140 Å². The first-order chi connectivity index (χ1) is 25.6. The molecule has 0 aromatic heterocycles. The standard InChI is InChI=1S/C46H44N2O4/c49-33-36-22-24-38(25-23-36)44-28-43(32-48(30-34-12-4-1-5-13-34)31-35-14-6-2-7-15-35)51-46(52-44)42-21-11-20-41(27-42)40-19-10-16-37(26-40)29-47-45(50)39-17-8-3-9-18-39/h1-27,43-44,46,49H,28-33H2,(H,47,50)/t43-,44+,46+/m1/s1. The van der Waals surface area contributed by atoms with E-state index in [1.54, 1.807) is 0 Å². The summed E-state index contributed by atoms with van der Waals surface area (Å²) in [6.07, 6.45) is -0.170. The minimum atomic E-state index is -0.579. The van der Waals surface area contributed by atoms with Gasteiger partial charge in [0.15, 0.2) is 6.29 Å². The molecule has 0 saturated carbocycles. The third kappa shape index (κ3) is 9.29. The Kier molecular flexibility index (Phi) is 11.6. The molecular formula is C46H44N2O4. The summed E-state index contributed by atoms with van der Waals surface area (Å²) in [7, 11) is 0. The Hall–Kier alpha value is -5.37. The highest BCUT2D eigenvalue weighted by Crippen LogP contribution is 2.39. The fourth-order valence-corrected chi connectivity index (χ4v) is 6.79. The fourth-order valence-electron chi connectivity index (χ4n) is 6.79. The number of hydrogen-bond acceptors (Lipinski definition) is 5. The molecule has 0 spiro atoms. The van der Waals surface area contributed by atoms with Crippen molar-refractivity contribution in [2.45, 2.75) is 51.2 Å². The molecule has 0 unspecified atom stereocenters. The number of aliphatic hydroxyl groups excluding tert-OH is 1. The van der Waals surface area contributed by atoms with Crippen molar-refractivity contribution in [1.29, 1.82) is 0 Å². The molecule has 1 amide bonds. The average molecular weight is 689 g/mol. The number of nitrogens with one attached hydrogen (secondary N) is 1. The number of rotatable bonds is 13. The van der Waals surface area contributed by atoms with Gasteiger partial charge in [0.2, 0.25) is 0 Å². The van der Waals surface area contributed by atoms with E-state index in [-0.39, 0.29) is 24.7 Å². The number of carbonyl (C=O) groups excluding carboxylic acids is 1. The van der Waals surface area contributed by atoms with Gasteiger partial charge in [0.25, 0.3) is 5.91 Å². The van der Waals surface area contributed by atoms with Gasteiger partial charge in [-0.2, -0.15) is 0 Å². The van der Waals surface area contributed by atoms with Crippen LogP contribution in [0, 0.1) is 0 Å². The summed E-state index contributed by atoms with van der Waals surface area (Å²) in [5, 5.41) is 12.7. The highest BCUT2D eigenvalue weighted by molar-refractivity contribution is 5.94. The van der Waals surface area contributed by atoms with Crippen LogP contribution < -0.4 is 5.32 Å². The second-order valence-electron chi connectivity index (χ2n) is 13.4. The maximum absolute atomic E-state index is 12.7. The van der Waals surface area contributed by atoms with Gasteiger partial charge in [-0.05, 0) is 63.2 Å². The van der Waals surface area contributed by atoms with E-state index in [4.69, 9.17) is 9.47 Å². The molecule has 1 fully saturated rings. The zero-order valence-corrected chi connectivity index (χ0v) is 29.2. The van der Waals surface area contributed by atoms with E-state index in [1.807, 2.05) is 60.7 Å². The Balaban J connectivity index is 1.13. The summed E-state index contributed by atoms with van der Waals surface area (Å²) >= 11 is 0. The summed E-state index contributed by atoms with van der Waals surface area (Å²) in [6, 6.07) is 55.1. The third-order valence-electron chi connectivity index (χ3n) is 9.48. The average Bonchev–Trinajstić information content (AvgIpc) is 3.21. The van der Waals surface area contributed by atoms with Crippen molar-refractivity contribution in [2.75, 3.05) is 6.54 Å². The van der Waals surface area contributed by atoms with Crippen LogP contribution in [-0.4, -0.2) is 28.6 Å². The SMILES string of the molecule is O=C(NCc1cccc(-c2cccc([C@H]3O[C@@H](CN(Cc4ccccc4)Cc4ccccc4)C[C@@H](c4ccc(CO)cc4)O3)c2)c1)c1ccccc1. The summed E-state index contributed by atoms with van der Waals surface area (Å²) < 4.78 is 13.6. The van der Waals surface area contributed by atoms with Crippen LogP contribution in [0.4, 0.5) is 0 Å². The largest absolute Gasteiger partial charge is 0.392 e. The Morgan fingerprint density at radius 2 is 1.21 bits per heavy atom. The second kappa shape index (κ2) is 17.2. The van der Waals surface area contributed by atoms with Crippen LogP contribution >= 0.6 is 0 Å². The summed E-state index contributed by atoms with van der Waals surface area (Å²) in [6.45, 7) is 2.76. The quantitative estimate of drug-likeness (QED) is 0.127. The number of amides is 1. The number of hydrogen-bond donors (Lipinski definition) is 2. The number of benzene rings is 6. The van der Waals surface area contributed by atoms with Gasteiger partial charge in [-0.25, -0.2) is 0 Å².